The maximum Gasteiger partial charge on any atom is 0.206 e. The summed E-state index contributed by atoms with van der Waals surface area (Å²) in [5.74, 6) is 1.02. The second-order valence-corrected chi connectivity index (χ2v) is 5.78. The topological polar surface area (TPSA) is 44.9 Å². The number of hydrogen-bond acceptors (Lipinski definition) is 3. The van der Waals surface area contributed by atoms with Crippen LogP contribution in [-0.4, -0.2) is 22.6 Å². The Hall–Kier alpha value is -2.02. The van der Waals surface area contributed by atoms with E-state index in [-0.39, 0.29) is 5.41 Å². The Labute approximate surface area is 113 Å². The first-order chi connectivity index (χ1) is 9.13. The third-order valence-electron chi connectivity index (χ3n) is 4.11. The molecule has 0 spiro atoms. The molecular formula is C15H18N4. The summed E-state index contributed by atoms with van der Waals surface area (Å²) in [6.45, 7) is 4.09. The van der Waals surface area contributed by atoms with Crippen molar-refractivity contribution in [3.63, 3.8) is 0 Å². The van der Waals surface area contributed by atoms with Gasteiger partial charge in [0.25, 0.3) is 0 Å². The Morgan fingerprint density at radius 3 is 2.95 bits per heavy atom. The number of rotatable bonds is 2. The van der Waals surface area contributed by atoms with Crippen molar-refractivity contribution in [2.45, 2.75) is 19.8 Å². The first kappa shape index (κ1) is 12.0. The van der Waals surface area contributed by atoms with E-state index in [1.807, 2.05) is 18.2 Å². The Kier molecular flexibility index (Phi) is 2.70. The van der Waals surface area contributed by atoms with E-state index in [0.29, 0.717) is 6.42 Å². The van der Waals surface area contributed by atoms with Crippen LogP contribution in [0.25, 0.3) is 11.0 Å². The van der Waals surface area contributed by atoms with E-state index in [0.717, 1.165) is 36.5 Å². The third kappa shape index (κ3) is 1.95. The van der Waals surface area contributed by atoms with Crippen LogP contribution >= 0.6 is 0 Å². The summed E-state index contributed by atoms with van der Waals surface area (Å²) < 4.78 is 2.15. The number of para-hydroxylation sites is 2. The fourth-order valence-corrected chi connectivity index (χ4v) is 2.95. The quantitative estimate of drug-likeness (QED) is 0.827. The van der Waals surface area contributed by atoms with Gasteiger partial charge >= 0.3 is 0 Å². The fourth-order valence-electron chi connectivity index (χ4n) is 2.95. The van der Waals surface area contributed by atoms with Crippen LogP contribution in [0.5, 0.6) is 0 Å². The molecule has 4 nitrogen and oxygen atoms in total. The lowest BCUT2D eigenvalue weighted by molar-refractivity contribution is 0.379. The Bertz CT molecular complexity index is 652. The van der Waals surface area contributed by atoms with E-state index in [4.69, 9.17) is 10.2 Å². The largest absolute Gasteiger partial charge is 0.342 e. The Balaban J connectivity index is 1.94. The van der Waals surface area contributed by atoms with Gasteiger partial charge in [0.15, 0.2) is 0 Å². The molecular weight excluding hydrogens is 236 g/mol. The molecule has 1 saturated heterocycles. The lowest BCUT2D eigenvalue weighted by atomic mass is 9.87. The summed E-state index contributed by atoms with van der Waals surface area (Å²) in [5, 5.41) is 8.93. The van der Waals surface area contributed by atoms with E-state index in [1.165, 1.54) is 0 Å². The fraction of sp³-hybridized carbons (Fsp3) is 0.467. The van der Waals surface area contributed by atoms with Gasteiger partial charge in [-0.05, 0) is 24.0 Å². The summed E-state index contributed by atoms with van der Waals surface area (Å²) in [4.78, 5) is 7.03. The maximum absolute atomic E-state index is 8.93. The van der Waals surface area contributed by atoms with Crippen molar-refractivity contribution in [1.82, 2.24) is 9.55 Å². The Morgan fingerprint density at radius 2 is 2.21 bits per heavy atom. The standard InChI is InChI=1S/C15H18N4/c1-15(7-9-16)8-10-19(11-15)14-17-12-5-3-4-6-13(12)18(14)2/h3-6H,7-8,10-11H2,1-2H3. The van der Waals surface area contributed by atoms with E-state index in [9.17, 15) is 0 Å². The van der Waals surface area contributed by atoms with Crippen LogP contribution in [0.15, 0.2) is 24.3 Å². The number of hydrogen-bond donors (Lipinski definition) is 0. The van der Waals surface area contributed by atoms with Crippen LogP contribution < -0.4 is 4.90 Å². The molecule has 0 amide bonds. The highest BCUT2D eigenvalue weighted by atomic mass is 15.3. The van der Waals surface area contributed by atoms with Crippen molar-refractivity contribution in [2.75, 3.05) is 18.0 Å². The van der Waals surface area contributed by atoms with E-state index >= 15 is 0 Å². The molecule has 1 atom stereocenters. The molecule has 0 bridgehead atoms. The zero-order valence-corrected chi connectivity index (χ0v) is 11.4. The van der Waals surface area contributed by atoms with Crippen LogP contribution in [-0.2, 0) is 7.05 Å². The minimum Gasteiger partial charge on any atom is -0.342 e. The van der Waals surface area contributed by atoms with Crippen LogP contribution in [0.1, 0.15) is 19.8 Å². The first-order valence-electron chi connectivity index (χ1n) is 6.66. The van der Waals surface area contributed by atoms with Crippen LogP contribution in [0.2, 0.25) is 0 Å². The van der Waals surface area contributed by atoms with E-state index in [1.54, 1.807) is 0 Å². The second kappa shape index (κ2) is 4.27. The van der Waals surface area contributed by atoms with Crippen LogP contribution in [0, 0.1) is 16.7 Å². The van der Waals surface area contributed by atoms with Crippen molar-refractivity contribution in [1.29, 1.82) is 5.26 Å². The van der Waals surface area contributed by atoms with Gasteiger partial charge in [0, 0.05) is 26.6 Å². The number of nitriles is 1. The summed E-state index contributed by atoms with van der Waals surface area (Å²) in [7, 11) is 2.06. The van der Waals surface area contributed by atoms with E-state index < -0.39 is 0 Å². The molecule has 1 aromatic heterocycles. The normalized spacial score (nSPS) is 22.9. The highest BCUT2D eigenvalue weighted by molar-refractivity contribution is 5.78. The average Bonchev–Trinajstić information content (AvgIpc) is 2.92. The molecule has 1 fully saturated rings. The van der Waals surface area contributed by atoms with Gasteiger partial charge in [-0.3, -0.25) is 0 Å². The smallest absolute Gasteiger partial charge is 0.206 e. The van der Waals surface area contributed by atoms with Crippen molar-refractivity contribution < 1.29 is 0 Å². The Morgan fingerprint density at radius 1 is 1.42 bits per heavy atom. The molecule has 1 aliphatic heterocycles. The van der Waals surface area contributed by atoms with Crippen LogP contribution in [0.4, 0.5) is 5.95 Å². The molecule has 0 N–H and O–H groups in total. The lowest BCUT2D eigenvalue weighted by Crippen LogP contribution is -2.26. The number of fused-ring (bicyclic) bond motifs is 1. The molecule has 98 valence electrons. The molecule has 2 heterocycles. The molecule has 2 aromatic rings. The number of aromatic nitrogens is 2. The maximum atomic E-state index is 8.93. The molecule has 0 aliphatic carbocycles. The lowest BCUT2D eigenvalue weighted by Gasteiger charge is -2.22. The van der Waals surface area contributed by atoms with Gasteiger partial charge in [-0.25, -0.2) is 4.98 Å². The zero-order chi connectivity index (χ0) is 13.5. The van der Waals surface area contributed by atoms with Gasteiger partial charge in [0.2, 0.25) is 5.95 Å². The first-order valence-corrected chi connectivity index (χ1v) is 6.66. The summed E-state index contributed by atoms with van der Waals surface area (Å²) >= 11 is 0. The number of benzene rings is 1. The second-order valence-electron chi connectivity index (χ2n) is 5.78. The SMILES string of the molecule is Cn1c(N2CCC(C)(CC#N)C2)nc2ccccc21. The summed E-state index contributed by atoms with van der Waals surface area (Å²) in [6, 6.07) is 10.5. The number of nitrogens with zero attached hydrogens (tertiary/aromatic N) is 4. The molecule has 19 heavy (non-hydrogen) atoms. The predicted octanol–water partition coefficient (Wildman–Crippen LogP) is 2.70. The van der Waals surface area contributed by atoms with Crippen LogP contribution in [0.3, 0.4) is 0 Å². The van der Waals surface area contributed by atoms with Crippen molar-refractivity contribution in [3.05, 3.63) is 24.3 Å². The van der Waals surface area contributed by atoms with Gasteiger partial charge in [0.05, 0.1) is 17.1 Å². The van der Waals surface area contributed by atoms with Crippen molar-refractivity contribution in [2.24, 2.45) is 12.5 Å². The highest BCUT2D eigenvalue weighted by Gasteiger charge is 2.35. The molecule has 0 saturated carbocycles. The summed E-state index contributed by atoms with van der Waals surface area (Å²) in [5.41, 5.74) is 2.30. The third-order valence-corrected chi connectivity index (χ3v) is 4.11. The monoisotopic (exact) mass is 254 g/mol. The number of anilines is 1. The number of imidazole rings is 1. The van der Waals surface area contributed by atoms with Gasteiger partial charge in [0.1, 0.15) is 0 Å². The van der Waals surface area contributed by atoms with Gasteiger partial charge in [-0.1, -0.05) is 19.1 Å². The highest BCUT2D eigenvalue weighted by Crippen LogP contribution is 2.35. The molecule has 1 aliphatic rings. The molecule has 3 rings (SSSR count). The van der Waals surface area contributed by atoms with Gasteiger partial charge < -0.3 is 9.47 Å². The predicted molar refractivity (Wildman–Crippen MR) is 75.9 cm³/mol. The molecule has 0 radical (unpaired) electrons. The minimum absolute atomic E-state index is 0.104. The van der Waals surface area contributed by atoms with Gasteiger partial charge in [-0.2, -0.15) is 5.26 Å². The van der Waals surface area contributed by atoms with Crippen molar-refractivity contribution in [3.8, 4) is 6.07 Å². The zero-order valence-electron chi connectivity index (χ0n) is 11.4. The van der Waals surface area contributed by atoms with Gasteiger partial charge in [-0.15, -0.1) is 0 Å². The van der Waals surface area contributed by atoms with Crippen molar-refractivity contribution >= 4 is 17.0 Å². The molecule has 1 aromatic carbocycles. The average molecular weight is 254 g/mol. The summed E-state index contributed by atoms with van der Waals surface area (Å²) in [6.07, 6.45) is 1.68. The minimum atomic E-state index is 0.104. The molecule has 4 heteroatoms. The van der Waals surface area contributed by atoms with E-state index in [2.05, 4.69) is 35.6 Å². The number of aryl methyl sites for hydroxylation is 1. The molecule has 1 unspecified atom stereocenters.